The maximum atomic E-state index is 13.5. The average molecular weight is 241 g/mol. The molecule has 1 N–H and O–H groups in total. The van der Waals surface area contributed by atoms with Crippen LogP contribution in [-0.2, 0) is 4.74 Å². The number of hydrogen-bond donors (Lipinski definition) is 1. The molecule has 1 unspecified atom stereocenters. The van der Waals surface area contributed by atoms with Gasteiger partial charge in [0.15, 0.2) is 0 Å². The highest BCUT2D eigenvalue weighted by atomic mass is 19.1. The quantitative estimate of drug-likeness (QED) is 0.776. The number of methoxy groups -OCH3 is 1. The monoisotopic (exact) mass is 241 g/mol. The molecular weight excluding hydrogens is 221 g/mol. The average Bonchev–Trinajstić information content (AvgIpc) is 2.32. The van der Waals surface area contributed by atoms with Crippen LogP contribution in [0.3, 0.4) is 0 Å². The van der Waals surface area contributed by atoms with Gasteiger partial charge in [-0.3, -0.25) is 0 Å². The molecule has 0 radical (unpaired) electrons. The van der Waals surface area contributed by atoms with Gasteiger partial charge in [-0.05, 0) is 38.6 Å². The Morgan fingerprint density at radius 3 is 2.65 bits per heavy atom. The fourth-order valence-corrected chi connectivity index (χ4v) is 1.52. The van der Waals surface area contributed by atoms with Crippen molar-refractivity contribution in [3.8, 4) is 5.75 Å². The fourth-order valence-electron chi connectivity index (χ4n) is 1.52. The molecule has 1 atom stereocenters. The second kappa shape index (κ2) is 6.57. The first kappa shape index (κ1) is 13.9. The Kier molecular flexibility index (Phi) is 5.38. The number of rotatable bonds is 6. The van der Waals surface area contributed by atoms with Crippen molar-refractivity contribution in [2.45, 2.75) is 19.9 Å². The van der Waals surface area contributed by atoms with Crippen LogP contribution in [-0.4, -0.2) is 27.4 Å². The van der Waals surface area contributed by atoms with Crippen LogP contribution in [0.5, 0.6) is 5.75 Å². The summed E-state index contributed by atoms with van der Waals surface area (Å²) >= 11 is 0. The van der Waals surface area contributed by atoms with E-state index < -0.39 is 0 Å². The van der Waals surface area contributed by atoms with Crippen molar-refractivity contribution in [3.05, 3.63) is 29.1 Å². The Labute approximate surface area is 102 Å². The van der Waals surface area contributed by atoms with Crippen molar-refractivity contribution in [2.75, 3.05) is 27.4 Å². The molecule has 96 valence electrons. The summed E-state index contributed by atoms with van der Waals surface area (Å²) in [5, 5.41) is 3.08. The van der Waals surface area contributed by atoms with Crippen LogP contribution in [0.2, 0.25) is 0 Å². The Hall–Kier alpha value is -1.13. The third-order valence-electron chi connectivity index (χ3n) is 2.74. The van der Waals surface area contributed by atoms with E-state index >= 15 is 0 Å². The normalized spacial score (nSPS) is 12.5. The molecule has 0 heterocycles. The van der Waals surface area contributed by atoms with Gasteiger partial charge in [0.2, 0.25) is 0 Å². The predicted octanol–water partition coefficient (Wildman–Crippen LogP) is 2.44. The number of aryl methyl sites for hydroxylation is 1. The molecule has 0 spiro atoms. The molecule has 0 aliphatic rings. The van der Waals surface area contributed by atoms with E-state index in [1.165, 1.54) is 6.07 Å². The number of halogens is 1. The Morgan fingerprint density at radius 1 is 1.35 bits per heavy atom. The molecule has 4 heteroatoms. The lowest BCUT2D eigenvalue weighted by molar-refractivity contribution is 0.145. The summed E-state index contributed by atoms with van der Waals surface area (Å²) in [7, 11) is 3.46. The van der Waals surface area contributed by atoms with Gasteiger partial charge in [-0.2, -0.15) is 0 Å². The minimum Gasteiger partial charge on any atom is -0.491 e. The van der Waals surface area contributed by atoms with Gasteiger partial charge >= 0.3 is 0 Å². The smallest absolute Gasteiger partial charge is 0.126 e. The van der Waals surface area contributed by atoms with E-state index in [1.807, 2.05) is 14.0 Å². The molecule has 17 heavy (non-hydrogen) atoms. The number of ether oxygens (including phenoxy) is 2. The van der Waals surface area contributed by atoms with Crippen molar-refractivity contribution in [1.29, 1.82) is 0 Å². The summed E-state index contributed by atoms with van der Waals surface area (Å²) in [5.41, 5.74) is 1.41. The van der Waals surface area contributed by atoms with Crippen molar-refractivity contribution < 1.29 is 13.9 Å². The van der Waals surface area contributed by atoms with Crippen LogP contribution < -0.4 is 10.1 Å². The van der Waals surface area contributed by atoms with Crippen LogP contribution in [0.25, 0.3) is 0 Å². The zero-order valence-corrected chi connectivity index (χ0v) is 10.8. The number of hydrogen-bond acceptors (Lipinski definition) is 3. The molecule has 0 aliphatic carbocycles. The van der Waals surface area contributed by atoms with Gasteiger partial charge in [-0.25, -0.2) is 4.39 Å². The highest BCUT2D eigenvalue weighted by Gasteiger charge is 2.13. The van der Waals surface area contributed by atoms with Crippen LogP contribution in [0.15, 0.2) is 12.1 Å². The van der Waals surface area contributed by atoms with Crippen molar-refractivity contribution in [3.63, 3.8) is 0 Å². The second-order valence-electron chi connectivity index (χ2n) is 3.99. The minimum absolute atomic E-state index is 0.0441. The summed E-state index contributed by atoms with van der Waals surface area (Å²) in [4.78, 5) is 0. The third kappa shape index (κ3) is 3.68. The van der Waals surface area contributed by atoms with Gasteiger partial charge in [0, 0.05) is 18.7 Å². The van der Waals surface area contributed by atoms with E-state index in [0.29, 0.717) is 24.5 Å². The molecule has 0 saturated carbocycles. The predicted molar refractivity (Wildman–Crippen MR) is 66.0 cm³/mol. The lowest BCUT2D eigenvalue weighted by Crippen LogP contribution is -2.15. The van der Waals surface area contributed by atoms with Gasteiger partial charge in [-0.15, -0.1) is 0 Å². The maximum absolute atomic E-state index is 13.5. The number of nitrogens with one attached hydrogen (secondary N) is 1. The molecule has 0 saturated heterocycles. The summed E-state index contributed by atoms with van der Waals surface area (Å²) in [5.74, 6) is 0.504. The fraction of sp³-hybridized carbons (Fsp3) is 0.538. The minimum atomic E-state index is -0.207. The molecular formula is C13H20FNO2. The molecule has 1 aromatic rings. The Bertz CT molecular complexity index is 369. The molecule has 0 aromatic heterocycles. The molecule has 3 nitrogen and oxygen atoms in total. The lowest BCUT2D eigenvalue weighted by Gasteiger charge is -2.17. The van der Waals surface area contributed by atoms with Crippen molar-refractivity contribution >= 4 is 0 Å². The highest BCUT2D eigenvalue weighted by Crippen LogP contribution is 2.28. The van der Waals surface area contributed by atoms with E-state index in [1.54, 1.807) is 20.1 Å². The van der Waals surface area contributed by atoms with E-state index in [9.17, 15) is 4.39 Å². The van der Waals surface area contributed by atoms with Crippen LogP contribution in [0.1, 0.15) is 24.1 Å². The largest absolute Gasteiger partial charge is 0.491 e. The number of benzene rings is 1. The van der Waals surface area contributed by atoms with E-state index in [4.69, 9.17) is 9.47 Å². The Balaban J connectivity index is 2.94. The Morgan fingerprint density at radius 2 is 2.06 bits per heavy atom. The van der Waals surface area contributed by atoms with Gasteiger partial charge in [0.1, 0.15) is 18.2 Å². The molecule has 0 bridgehead atoms. The molecule has 0 fully saturated rings. The first-order valence-electron chi connectivity index (χ1n) is 5.69. The summed E-state index contributed by atoms with van der Waals surface area (Å²) in [6.45, 7) is 4.68. The van der Waals surface area contributed by atoms with Crippen molar-refractivity contribution in [2.24, 2.45) is 0 Å². The second-order valence-corrected chi connectivity index (χ2v) is 3.99. The zero-order valence-electron chi connectivity index (χ0n) is 10.8. The standard InChI is InChI=1S/C13H20FNO2/c1-9-7-13(17-6-5-16-4)11(8-12(9)14)10(2)15-3/h7-8,10,15H,5-6H2,1-4H3. The lowest BCUT2D eigenvalue weighted by atomic mass is 10.0. The maximum Gasteiger partial charge on any atom is 0.126 e. The first-order chi connectivity index (χ1) is 8.10. The molecule has 0 amide bonds. The first-order valence-corrected chi connectivity index (χ1v) is 5.69. The molecule has 1 rings (SSSR count). The van der Waals surface area contributed by atoms with Crippen LogP contribution >= 0.6 is 0 Å². The zero-order chi connectivity index (χ0) is 12.8. The van der Waals surface area contributed by atoms with Crippen molar-refractivity contribution in [1.82, 2.24) is 5.32 Å². The van der Waals surface area contributed by atoms with Crippen LogP contribution in [0.4, 0.5) is 4.39 Å². The summed E-state index contributed by atoms with van der Waals surface area (Å²) < 4.78 is 24.1. The van der Waals surface area contributed by atoms with E-state index in [0.717, 1.165) is 5.56 Å². The van der Waals surface area contributed by atoms with Gasteiger partial charge in [0.25, 0.3) is 0 Å². The highest BCUT2D eigenvalue weighted by molar-refractivity contribution is 5.40. The summed E-state index contributed by atoms with van der Waals surface area (Å²) in [6, 6.07) is 3.30. The summed E-state index contributed by atoms with van der Waals surface area (Å²) in [6.07, 6.45) is 0. The third-order valence-corrected chi connectivity index (χ3v) is 2.74. The SMILES string of the molecule is CNC(C)c1cc(F)c(C)cc1OCCOC. The van der Waals surface area contributed by atoms with E-state index in [-0.39, 0.29) is 11.9 Å². The van der Waals surface area contributed by atoms with Gasteiger partial charge in [-0.1, -0.05) is 0 Å². The van der Waals surface area contributed by atoms with Gasteiger partial charge in [0.05, 0.1) is 6.61 Å². The topological polar surface area (TPSA) is 30.5 Å². The van der Waals surface area contributed by atoms with Crippen LogP contribution in [0, 0.1) is 12.7 Å². The molecule has 1 aromatic carbocycles. The van der Waals surface area contributed by atoms with Gasteiger partial charge < -0.3 is 14.8 Å². The van der Waals surface area contributed by atoms with E-state index in [2.05, 4.69) is 5.32 Å². The molecule has 0 aliphatic heterocycles.